The van der Waals surface area contributed by atoms with Crippen molar-refractivity contribution in [2.75, 3.05) is 0 Å². The van der Waals surface area contributed by atoms with Crippen LogP contribution in [0.25, 0.3) is 11.0 Å². The maximum Gasteiger partial charge on any atom is 0.251 e. The smallest absolute Gasteiger partial charge is 0.251 e. The van der Waals surface area contributed by atoms with Crippen LogP contribution in [0.15, 0.2) is 48.5 Å². The molecule has 2 N–H and O–H groups in total. The number of benzene rings is 2. The van der Waals surface area contributed by atoms with Gasteiger partial charge in [0.2, 0.25) is 0 Å². The zero-order valence-electron chi connectivity index (χ0n) is 13.0. The molecule has 5 heteroatoms. The zero-order valence-corrected chi connectivity index (χ0v) is 13.0. The van der Waals surface area contributed by atoms with Gasteiger partial charge in [-0.15, -0.1) is 0 Å². The van der Waals surface area contributed by atoms with Gasteiger partial charge in [0, 0.05) is 5.56 Å². The van der Waals surface area contributed by atoms with Crippen LogP contribution in [0.2, 0.25) is 0 Å². The summed E-state index contributed by atoms with van der Waals surface area (Å²) in [4.78, 5) is 20.2. The Kier molecular flexibility index (Phi) is 4.10. The summed E-state index contributed by atoms with van der Waals surface area (Å²) in [5.41, 5.74) is 2.22. The fraction of sp³-hybridized carbons (Fsp3) is 0.222. The van der Waals surface area contributed by atoms with E-state index in [0.29, 0.717) is 5.56 Å². The first-order chi connectivity index (χ1) is 11.0. The molecule has 0 aliphatic rings. The van der Waals surface area contributed by atoms with Crippen LogP contribution < -0.4 is 5.32 Å². The Morgan fingerprint density at radius 2 is 1.83 bits per heavy atom. The normalized spacial score (nSPS) is 12.5. The lowest BCUT2D eigenvalue weighted by Crippen LogP contribution is -2.32. The minimum Gasteiger partial charge on any atom is -0.342 e. The van der Waals surface area contributed by atoms with Crippen LogP contribution in [0.3, 0.4) is 0 Å². The lowest BCUT2D eigenvalue weighted by atomic mass is 10.0. The Labute approximate surface area is 133 Å². The first-order valence-corrected chi connectivity index (χ1v) is 7.55. The molecule has 1 heterocycles. The van der Waals surface area contributed by atoms with Crippen molar-refractivity contribution >= 4 is 16.9 Å². The molecule has 1 atom stereocenters. The largest absolute Gasteiger partial charge is 0.342 e. The molecule has 0 bridgehead atoms. The van der Waals surface area contributed by atoms with Crippen LogP contribution in [0, 0.1) is 11.7 Å². The first-order valence-electron chi connectivity index (χ1n) is 7.55. The van der Waals surface area contributed by atoms with Crippen LogP contribution in [-0.4, -0.2) is 15.9 Å². The number of nitrogens with one attached hydrogen (secondary N) is 2. The summed E-state index contributed by atoms with van der Waals surface area (Å²) in [5, 5.41) is 2.97. The lowest BCUT2D eigenvalue weighted by Gasteiger charge is -2.20. The molecule has 4 nitrogen and oxygen atoms in total. The van der Waals surface area contributed by atoms with E-state index < -0.39 is 0 Å². The highest BCUT2D eigenvalue weighted by Gasteiger charge is 2.22. The van der Waals surface area contributed by atoms with E-state index in [9.17, 15) is 9.18 Å². The van der Waals surface area contributed by atoms with Gasteiger partial charge < -0.3 is 10.3 Å². The van der Waals surface area contributed by atoms with Crippen LogP contribution >= 0.6 is 0 Å². The maximum atomic E-state index is 13.0. The number of nitrogens with zero attached hydrogens (tertiary/aromatic N) is 1. The average molecular weight is 311 g/mol. The second-order valence-electron chi connectivity index (χ2n) is 5.84. The molecule has 3 rings (SSSR count). The Hall–Kier alpha value is -2.69. The monoisotopic (exact) mass is 311 g/mol. The third-order valence-corrected chi connectivity index (χ3v) is 3.76. The van der Waals surface area contributed by atoms with E-state index in [-0.39, 0.29) is 23.7 Å². The molecular weight excluding hydrogens is 293 g/mol. The number of amides is 1. The summed E-state index contributed by atoms with van der Waals surface area (Å²) in [6, 6.07) is 13.0. The highest BCUT2D eigenvalue weighted by molar-refractivity contribution is 5.94. The van der Waals surface area contributed by atoms with Crippen molar-refractivity contribution in [2.24, 2.45) is 5.92 Å². The summed E-state index contributed by atoms with van der Waals surface area (Å²) in [7, 11) is 0. The molecule has 0 fully saturated rings. The lowest BCUT2D eigenvalue weighted by molar-refractivity contribution is 0.0923. The average Bonchev–Trinajstić information content (AvgIpc) is 2.96. The number of fused-ring (bicyclic) bond motifs is 1. The van der Waals surface area contributed by atoms with E-state index in [0.717, 1.165) is 16.9 Å². The van der Waals surface area contributed by atoms with Crippen LogP contribution in [-0.2, 0) is 0 Å². The fourth-order valence-electron chi connectivity index (χ4n) is 2.50. The number of carbonyl (C=O) groups is 1. The SMILES string of the molecule is CC(C)C(NC(=O)c1ccc(F)cc1)c1nc2ccccc2[nH]1. The Morgan fingerprint density at radius 1 is 1.13 bits per heavy atom. The van der Waals surface area contributed by atoms with Gasteiger partial charge in [-0.1, -0.05) is 26.0 Å². The van der Waals surface area contributed by atoms with E-state index in [1.807, 2.05) is 38.1 Å². The third kappa shape index (κ3) is 3.23. The summed E-state index contributed by atoms with van der Waals surface area (Å²) in [6.07, 6.45) is 0. The molecule has 3 aromatic rings. The van der Waals surface area contributed by atoms with E-state index in [4.69, 9.17) is 0 Å². The Balaban J connectivity index is 1.86. The molecule has 2 aromatic carbocycles. The van der Waals surface area contributed by atoms with Crippen molar-refractivity contribution in [2.45, 2.75) is 19.9 Å². The van der Waals surface area contributed by atoms with Gasteiger partial charge in [0.05, 0.1) is 17.1 Å². The topological polar surface area (TPSA) is 57.8 Å². The van der Waals surface area contributed by atoms with Gasteiger partial charge in [0.25, 0.3) is 5.91 Å². The standard InChI is InChI=1S/C18H18FN3O/c1-11(2)16(17-20-14-5-3-4-6-15(14)21-17)22-18(23)12-7-9-13(19)10-8-12/h3-11,16H,1-2H3,(H,20,21)(H,22,23). The van der Waals surface area contributed by atoms with Gasteiger partial charge in [-0.05, 0) is 42.3 Å². The van der Waals surface area contributed by atoms with Crippen LogP contribution in [0.5, 0.6) is 0 Å². The Morgan fingerprint density at radius 3 is 2.48 bits per heavy atom. The number of carbonyl (C=O) groups excluding carboxylic acids is 1. The van der Waals surface area contributed by atoms with E-state index in [2.05, 4.69) is 15.3 Å². The van der Waals surface area contributed by atoms with E-state index >= 15 is 0 Å². The van der Waals surface area contributed by atoms with Gasteiger partial charge >= 0.3 is 0 Å². The summed E-state index contributed by atoms with van der Waals surface area (Å²) < 4.78 is 13.0. The number of hydrogen-bond donors (Lipinski definition) is 2. The molecule has 1 amide bonds. The number of hydrogen-bond acceptors (Lipinski definition) is 2. The van der Waals surface area contributed by atoms with Crippen molar-refractivity contribution in [3.05, 3.63) is 65.7 Å². The molecule has 0 saturated heterocycles. The number of imidazole rings is 1. The van der Waals surface area contributed by atoms with Crippen molar-refractivity contribution in [3.8, 4) is 0 Å². The molecule has 23 heavy (non-hydrogen) atoms. The summed E-state index contributed by atoms with van der Waals surface area (Å²) in [5.74, 6) is 0.264. The highest BCUT2D eigenvalue weighted by Crippen LogP contribution is 2.22. The van der Waals surface area contributed by atoms with Crippen molar-refractivity contribution in [3.63, 3.8) is 0 Å². The quantitative estimate of drug-likeness (QED) is 0.769. The predicted octanol–water partition coefficient (Wildman–Crippen LogP) is 3.83. The molecular formula is C18H18FN3O. The van der Waals surface area contributed by atoms with Crippen molar-refractivity contribution in [1.82, 2.24) is 15.3 Å². The summed E-state index contributed by atoms with van der Waals surface area (Å²) >= 11 is 0. The predicted molar refractivity (Wildman–Crippen MR) is 87.5 cm³/mol. The maximum absolute atomic E-state index is 13.0. The number of aromatic amines is 1. The van der Waals surface area contributed by atoms with Crippen molar-refractivity contribution in [1.29, 1.82) is 0 Å². The second-order valence-corrected chi connectivity index (χ2v) is 5.84. The number of H-pyrrole nitrogens is 1. The van der Waals surface area contributed by atoms with E-state index in [1.165, 1.54) is 24.3 Å². The number of aromatic nitrogens is 2. The van der Waals surface area contributed by atoms with Gasteiger partial charge in [-0.3, -0.25) is 4.79 Å². The van der Waals surface area contributed by atoms with E-state index in [1.54, 1.807) is 0 Å². The second kappa shape index (κ2) is 6.20. The first kappa shape index (κ1) is 15.2. The van der Waals surface area contributed by atoms with Gasteiger partial charge in [-0.2, -0.15) is 0 Å². The zero-order chi connectivity index (χ0) is 16.4. The van der Waals surface area contributed by atoms with Gasteiger partial charge in [0.15, 0.2) is 0 Å². The van der Waals surface area contributed by atoms with Crippen molar-refractivity contribution < 1.29 is 9.18 Å². The molecule has 1 unspecified atom stereocenters. The molecule has 0 radical (unpaired) electrons. The van der Waals surface area contributed by atoms with Gasteiger partial charge in [0.1, 0.15) is 11.6 Å². The minimum absolute atomic E-state index is 0.153. The van der Waals surface area contributed by atoms with Crippen LogP contribution in [0.4, 0.5) is 4.39 Å². The Bertz CT molecular complexity index is 791. The summed E-state index contributed by atoms with van der Waals surface area (Å²) in [6.45, 7) is 4.03. The molecule has 0 aliphatic heterocycles. The third-order valence-electron chi connectivity index (χ3n) is 3.76. The molecule has 118 valence electrons. The van der Waals surface area contributed by atoms with Gasteiger partial charge in [-0.25, -0.2) is 9.37 Å². The molecule has 0 aliphatic carbocycles. The molecule has 1 aromatic heterocycles. The number of halogens is 1. The molecule has 0 saturated carbocycles. The fourth-order valence-corrected chi connectivity index (χ4v) is 2.50. The molecule has 0 spiro atoms. The number of para-hydroxylation sites is 2. The minimum atomic E-state index is -0.362. The van der Waals surface area contributed by atoms with Crippen LogP contribution in [0.1, 0.15) is 36.1 Å². The number of rotatable bonds is 4. The highest BCUT2D eigenvalue weighted by atomic mass is 19.1.